The number of ether oxygens (including phenoxy) is 2. The Bertz CT molecular complexity index is 627. The van der Waals surface area contributed by atoms with Crippen LogP contribution in [0.2, 0.25) is 0 Å². The lowest BCUT2D eigenvalue weighted by atomic mass is 10.1. The molecule has 0 amide bonds. The monoisotopic (exact) mass is 312 g/mol. The van der Waals surface area contributed by atoms with Crippen molar-refractivity contribution in [2.75, 3.05) is 13.7 Å². The number of methoxy groups -OCH3 is 1. The molecular formula is C19H24N2O2. The van der Waals surface area contributed by atoms with Crippen LogP contribution in [0.1, 0.15) is 23.6 Å². The van der Waals surface area contributed by atoms with Crippen LogP contribution in [0, 0.1) is 0 Å². The Morgan fingerprint density at radius 3 is 2.74 bits per heavy atom. The number of allylic oxidation sites excluding steroid dienone is 1. The summed E-state index contributed by atoms with van der Waals surface area (Å²) in [6.45, 7) is 7.94. The fraction of sp³-hybridized carbons (Fsp3) is 0.316. The quantitative estimate of drug-likeness (QED) is 0.720. The summed E-state index contributed by atoms with van der Waals surface area (Å²) >= 11 is 0. The van der Waals surface area contributed by atoms with Gasteiger partial charge in [0.25, 0.3) is 0 Å². The lowest BCUT2D eigenvalue weighted by Crippen LogP contribution is -2.13. The first-order valence-corrected chi connectivity index (χ1v) is 7.81. The zero-order chi connectivity index (χ0) is 16.5. The van der Waals surface area contributed by atoms with Crippen LogP contribution in [0.5, 0.6) is 11.5 Å². The Morgan fingerprint density at radius 1 is 1.26 bits per heavy atom. The van der Waals surface area contributed by atoms with E-state index in [0.717, 1.165) is 47.7 Å². The Labute approximate surface area is 138 Å². The standard InChI is InChI=1S/C19H24N2O2/c1-4-7-17-10-16(11-18(22-3)19(17)23-5-2)14-21-13-15-8-6-9-20-12-15/h4,6,8-12,21H,1,5,7,13-14H2,2-3H3. The van der Waals surface area contributed by atoms with Gasteiger partial charge in [0.2, 0.25) is 0 Å². The zero-order valence-corrected chi connectivity index (χ0v) is 13.8. The lowest BCUT2D eigenvalue weighted by molar-refractivity contribution is 0.308. The van der Waals surface area contributed by atoms with Crippen molar-refractivity contribution >= 4 is 0 Å². The summed E-state index contributed by atoms with van der Waals surface area (Å²) < 4.78 is 11.2. The second kappa shape index (κ2) is 8.96. The molecule has 0 aliphatic carbocycles. The van der Waals surface area contributed by atoms with E-state index in [4.69, 9.17) is 9.47 Å². The third kappa shape index (κ3) is 4.83. The molecule has 122 valence electrons. The maximum atomic E-state index is 5.74. The Morgan fingerprint density at radius 2 is 2.09 bits per heavy atom. The van der Waals surface area contributed by atoms with Crippen molar-refractivity contribution in [1.29, 1.82) is 0 Å². The van der Waals surface area contributed by atoms with Crippen LogP contribution in [-0.4, -0.2) is 18.7 Å². The average molecular weight is 312 g/mol. The van der Waals surface area contributed by atoms with Gasteiger partial charge in [-0.15, -0.1) is 6.58 Å². The third-order valence-electron chi connectivity index (χ3n) is 3.45. The molecule has 0 saturated carbocycles. The predicted molar refractivity (Wildman–Crippen MR) is 92.8 cm³/mol. The molecule has 0 aliphatic rings. The van der Waals surface area contributed by atoms with Crippen molar-refractivity contribution in [2.24, 2.45) is 0 Å². The fourth-order valence-electron chi connectivity index (χ4n) is 2.45. The summed E-state index contributed by atoms with van der Waals surface area (Å²) in [4.78, 5) is 4.12. The van der Waals surface area contributed by atoms with Gasteiger partial charge >= 0.3 is 0 Å². The molecule has 2 rings (SSSR count). The van der Waals surface area contributed by atoms with Gasteiger partial charge in [-0.05, 0) is 36.6 Å². The molecular weight excluding hydrogens is 288 g/mol. The van der Waals surface area contributed by atoms with Gasteiger partial charge in [0, 0.05) is 31.0 Å². The zero-order valence-electron chi connectivity index (χ0n) is 13.8. The third-order valence-corrected chi connectivity index (χ3v) is 3.45. The smallest absolute Gasteiger partial charge is 0.164 e. The SMILES string of the molecule is C=CCc1cc(CNCc2cccnc2)cc(OC)c1OCC. The minimum Gasteiger partial charge on any atom is -0.493 e. The predicted octanol–water partition coefficient (Wildman–Crippen LogP) is 3.51. The number of nitrogens with one attached hydrogen (secondary N) is 1. The molecule has 0 fully saturated rings. The minimum absolute atomic E-state index is 0.610. The highest BCUT2D eigenvalue weighted by Gasteiger charge is 2.12. The summed E-state index contributed by atoms with van der Waals surface area (Å²) in [7, 11) is 1.67. The molecule has 0 saturated heterocycles. The van der Waals surface area contributed by atoms with Gasteiger partial charge in [-0.2, -0.15) is 0 Å². The molecule has 0 bridgehead atoms. The Kier molecular flexibility index (Phi) is 6.63. The van der Waals surface area contributed by atoms with Crippen molar-refractivity contribution in [2.45, 2.75) is 26.4 Å². The number of rotatable bonds is 9. The van der Waals surface area contributed by atoms with Crippen molar-refractivity contribution in [1.82, 2.24) is 10.3 Å². The molecule has 0 aliphatic heterocycles. The fourth-order valence-corrected chi connectivity index (χ4v) is 2.45. The minimum atomic E-state index is 0.610. The summed E-state index contributed by atoms with van der Waals surface area (Å²) in [5, 5.41) is 3.43. The second-order valence-electron chi connectivity index (χ2n) is 5.18. The highest BCUT2D eigenvalue weighted by Crippen LogP contribution is 2.33. The van der Waals surface area contributed by atoms with Crippen molar-refractivity contribution in [3.8, 4) is 11.5 Å². The van der Waals surface area contributed by atoms with E-state index in [9.17, 15) is 0 Å². The molecule has 4 nitrogen and oxygen atoms in total. The normalized spacial score (nSPS) is 10.3. The summed E-state index contributed by atoms with van der Waals surface area (Å²) in [5.74, 6) is 1.58. The van der Waals surface area contributed by atoms with Crippen LogP contribution in [0.3, 0.4) is 0 Å². The molecule has 0 radical (unpaired) electrons. The van der Waals surface area contributed by atoms with E-state index >= 15 is 0 Å². The van der Waals surface area contributed by atoms with E-state index in [1.807, 2.05) is 31.3 Å². The molecule has 0 atom stereocenters. The van der Waals surface area contributed by atoms with Crippen LogP contribution >= 0.6 is 0 Å². The second-order valence-corrected chi connectivity index (χ2v) is 5.18. The summed E-state index contributed by atoms with van der Waals surface area (Å²) in [6.07, 6.45) is 6.28. The Hall–Kier alpha value is -2.33. The molecule has 4 heteroatoms. The van der Waals surface area contributed by atoms with Gasteiger partial charge in [0.1, 0.15) is 0 Å². The number of pyridine rings is 1. The topological polar surface area (TPSA) is 43.4 Å². The van der Waals surface area contributed by atoms with Gasteiger partial charge in [0.05, 0.1) is 13.7 Å². The van der Waals surface area contributed by atoms with Crippen molar-refractivity contribution in [3.05, 3.63) is 66.0 Å². The van der Waals surface area contributed by atoms with E-state index in [1.165, 1.54) is 0 Å². The van der Waals surface area contributed by atoms with Gasteiger partial charge in [0.15, 0.2) is 11.5 Å². The van der Waals surface area contributed by atoms with E-state index in [1.54, 1.807) is 13.3 Å². The highest BCUT2D eigenvalue weighted by molar-refractivity contribution is 5.50. The van der Waals surface area contributed by atoms with Gasteiger partial charge < -0.3 is 14.8 Å². The maximum Gasteiger partial charge on any atom is 0.164 e. The number of hydrogen-bond donors (Lipinski definition) is 1. The molecule has 2 aromatic rings. The van der Waals surface area contributed by atoms with Gasteiger partial charge in [-0.3, -0.25) is 4.98 Å². The van der Waals surface area contributed by atoms with Crippen molar-refractivity contribution < 1.29 is 9.47 Å². The maximum absolute atomic E-state index is 5.74. The molecule has 1 aromatic carbocycles. The molecule has 1 heterocycles. The van der Waals surface area contributed by atoms with Gasteiger partial charge in [-0.1, -0.05) is 18.2 Å². The van der Waals surface area contributed by atoms with E-state index in [-0.39, 0.29) is 0 Å². The number of nitrogens with zero attached hydrogens (tertiary/aromatic N) is 1. The van der Waals surface area contributed by atoms with Gasteiger partial charge in [-0.25, -0.2) is 0 Å². The van der Waals surface area contributed by atoms with E-state index < -0.39 is 0 Å². The number of benzene rings is 1. The highest BCUT2D eigenvalue weighted by atomic mass is 16.5. The molecule has 1 N–H and O–H groups in total. The van der Waals surface area contributed by atoms with Crippen LogP contribution in [0.15, 0.2) is 49.3 Å². The largest absolute Gasteiger partial charge is 0.493 e. The summed E-state index contributed by atoms with van der Waals surface area (Å²) in [6, 6.07) is 8.17. The molecule has 1 aromatic heterocycles. The number of aromatic nitrogens is 1. The van der Waals surface area contributed by atoms with Crippen molar-refractivity contribution in [3.63, 3.8) is 0 Å². The first kappa shape index (κ1) is 17.0. The Balaban J connectivity index is 2.11. The van der Waals surface area contributed by atoms with Crippen LogP contribution < -0.4 is 14.8 Å². The summed E-state index contributed by atoms with van der Waals surface area (Å²) in [5.41, 5.74) is 3.42. The first-order chi connectivity index (χ1) is 11.3. The molecule has 0 spiro atoms. The number of hydrogen-bond acceptors (Lipinski definition) is 4. The van der Waals surface area contributed by atoms with Crippen LogP contribution in [-0.2, 0) is 19.5 Å². The molecule has 0 unspecified atom stereocenters. The lowest BCUT2D eigenvalue weighted by Gasteiger charge is -2.16. The molecule has 23 heavy (non-hydrogen) atoms. The average Bonchev–Trinajstić information content (AvgIpc) is 2.58. The van der Waals surface area contributed by atoms with E-state index in [2.05, 4.69) is 29.0 Å². The van der Waals surface area contributed by atoms with Crippen LogP contribution in [0.4, 0.5) is 0 Å². The van der Waals surface area contributed by atoms with Crippen LogP contribution in [0.25, 0.3) is 0 Å². The first-order valence-electron chi connectivity index (χ1n) is 7.81. The van der Waals surface area contributed by atoms with E-state index in [0.29, 0.717) is 6.61 Å².